The molecular weight excluding hydrogens is 548 g/mol. The van der Waals surface area contributed by atoms with E-state index in [2.05, 4.69) is 5.32 Å². The number of carbonyl (C=O) groups excluding carboxylic acids is 2. The van der Waals surface area contributed by atoms with Gasteiger partial charge in [0.25, 0.3) is 0 Å². The summed E-state index contributed by atoms with van der Waals surface area (Å²) < 4.78 is 13.0. The van der Waals surface area contributed by atoms with E-state index in [1.807, 2.05) is 66.7 Å². The summed E-state index contributed by atoms with van der Waals surface area (Å²) in [6, 6.07) is 23.3. The van der Waals surface area contributed by atoms with Crippen LogP contribution < -0.4 is 19.7 Å². The Hall–Kier alpha value is -3.95. The normalized spacial score (nSPS) is 17.9. The van der Waals surface area contributed by atoms with Crippen molar-refractivity contribution < 1.29 is 19.1 Å². The third kappa shape index (κ3) is 4.59. The van der Waals surface area contributed by atoms with E-state index in [1.165, 1.54) is 11.8 Å². The Bertz CT molecular complexity index is 1620. The average molecular weight is 573 g/mol. The second-order valence-corrected chi connectivity index (χ2v) is 11.4. The first kappa shape index (κ1) is 25.0. The first-order valence-electron chi connectivity index (χ1n) is 13.1. The molecule has 2 amide bonds. The number of aromatic nitrogens is 2. The molecule has 4 aromatic rings. The van der Waals surface area contributed by atoms with Crippen LogP contribution in [0.3, 0.4) is 0 Å². The van der Waals surface area contributed by atoms with Gasteiger partial charge >= 0.3 is 0 Å². The van der Waals surface area contributed by atoms with E-state index in [1.54, 1.807) is 15.6 Å². The third-order valence-corrected chi connectivity index (χ3v) is 8.73. The summed E-state index contributed by atoms with van der Waals surface area (Å²) >= 11 is 8.21. The monoisotopic (exact) mass is 572 g/mol. The number of anilines is 1. The van der Waals surface area contributed by atoms with E-state index in [0.29, 0.717) is 33.7 Å². The molecule has 0 saturated heterocycles. The lowest BCUT2D eigenvalue weighted by atomic mass is 9.99. The Morgan fingerprint density at radius 2 is 1.80 bits per heavy atom. The van der Waals surface area contributed by atoms with Crippen LogP contribution >= 0.6 is 23.4 Å². The second-order valence-electron chi connectivity index (χ2n) is 9.94. The minimum absolute atomic E-state index is 0.110. The van der Waals surface area contributed by atoms with Crippen LogP contribution in [0, 0.1) is 0 Å². The molecule has 40 heavy (non-hydrogen) atoms. The highest BCUT2D eigenvalue weighted by Crippen LogP contribution is 2.50. The lowest BCUT2D eigenvalue weighted by Crippen LogP contribution is -2.43. The van der Waals surface area contributed by atoms with Crippen molar-refractivity contribution in [2.75, 3.05) is 24.0 Å². The molecular formula is C30H25ClN4O4S. The fourth-order valence-corrected chi connectivity index (χ4v) is 6.51. The number of ether oxygens (including phenoxy) is 2. The summed E-state index contributed by atoms with van der Waals surface area (Å²) in [6.07, 6.45) is 1.92. The van der Waals surface area contributed by atoms with Gasteiger partial charge in [-0.15, -0.1) is 11.8 Å². The van der Waals surface area contributed by atoms with E-state index < -0.39 is 0 Å². The topological polar surface area (TPSA) is 85.7 Å². The molecule has 7 rings (SSSR count). The van der Waals surface area contributed by atoms with E-state index in [9.17, 15) is 9.59 Å². The fourth-order valence-electron chi connectivity index (χ4n) is 5.10. The molecule has 202 valence electrons. The summed E-state index contributed by atoms with van der Waals surface area (Å²) in [6.45, 7) is 0.0606. The maximum Gasteiger partial charge on any atom is 0.240 e. The molecule has 8 nitrogen and oxygen atoms in total. The molecule has 1 unspecified atom stereocenters. The Balaban J connectivity index is 1.47. The molecule has 10 heteroatoms. The fraction of sp³-hybridized carbons (Fsp3) is 0.233. The Morgan fingerprint density at radius 1 is 1.02 bits per heavy atom. The van der Waals surface area contributed by atoms with Gasteiger partial charge in [0, 0.05) is 17.2 Å². The summed E-state index contributed by atoms with van der Waals surface area (Å²) in [5.41, 5.74) is 4.02. The number of hydrogen-bond donors (Lipinski definition) is 1. The number of amides is 2. The van der Waals surface area contributed by atoms with Gasteiger partial charge in [-0.1, -0.05) is 60.1 Å². The van der Waals surface area contributed by atoms with Crippen molar-refractivity contribution in [3.05, 3.63) is 88.9 Å². The number of benzene rings is 3. The number of fused-ring (bicyclic) bond motifs is 2. The number of nitrogens with one attached hydrogen (secondary N) is 1. The minimum Gasteiger partial charge on any atom is -0.454 e. The molecule has 1 saturated carbocycles. The van der Waals surface area contributed by atoms with Crippen LogP contribution in [0.5, 0.6) is 11.5 Å². The molecule has 1 aliphatic carbocycles. The van der Waals surface area contributed by atoms with Gasteiger partial charge in [0.1, 0.15) is 12.4 Å². The lowest BCUT2D eigenvalue weighted by Gasteiger charge is -2.23. The van der Waals surface area contributed by atoms with Gasteiger partial charge in [-0.3, -0.25) is 14.5 Å². The summed E-state index contributed by atoms with van der Waals surface area (Å²) in [7, 11) is 0. The predicted molar refractivity (Wildman–Crippen MR) is 154 cm³/mol. The highest BCUT2D eigenvalue weighted by Gasteiger charge is 2.39. The molecule has 2 aliphatic heterocycles. The van der Waals surface area contributed by atoms with Gasteiger partial charge in [0.15, 0.2) is 11.5 Å². The van der Waals surface area contributed by atoms with Gasteiger partial charge in [-0.25, -0.2) is 4.68 Å². The first-order chi connectivity index (χ1) is 19.6. The van der Waals surface area contributed by atoms with Gasteiger partial charge in [0.2, 0.25) is 18.6 Å². The van der Waals surface area contributed by atoms with Crippen LogP contribution in [0.4, 0.5) is 5.82 Å². The molecule has 3 aromatic carbocycles. The van der Waals surface area contributed by atoms with E-state index in [-0.39, 0.29) is 42.2 Å². The van der Waals surface area contributed by atoms with Gasteiger partial charge < -0.3 is 14.8 Å². The molecule has 0 bridgehead atoms. The zero-order valence-corrected chi connectivity index (χ0v) is 23.0. The third-order valence-electron chi connectivity index (χ3n) is 7.16. The lowest BCUT2D eigenvalue weighted by molar-refractivity contribution is -0.123. The summed E-state index contributed by atoms with van der Waals surface area (Å²) in [5.74, 6) is 1.70. The van der Waals surface area contributed by atoms with Crippen molar-refractivity contribution in [2.24, 2.45) is 0 Å². The second kappa shape index (κ2) is 10.2. The van der Waals surface area contributed by atoms with Crippen LogP contribution in [-0.2, 0) is 9.59 Å². The zero-order valence-electron chi connectivity index (χ0n) is 21.4. The number of hydrogen-bond acceptors (Lipinski definition) is 6. The molecule has 0 radical (unpaired) electrons. The van der Waals surface area contributed by atoms with Gasteiger partial charge in [0.05, 0.1) is 27.4 Å². The minimum atomic E-state index is -0.281. The van der Waals surface area contributed by atoms with Crippen molar-refractivity contribution in [2.45, 2.75) is 24.1 Å². The van der Waals surface area contributed by atoms with Crippen molar-refractivity contribution in [3.8, 4) is 28.4 Å². The number of carbonyl (C=O) groups is 2. The number of halogens is 1. The highest BCUT2D eigenvalue weighted by atomic mass is 35.5. The molecule has 1 atom stereocenters. The maximum atomic E-state index is 13.8. The smallest absolute Gasteiger partial charge is 0.240 e. The zero-order chi connectivity index (χ0) is 27.2. The average Bonchev–Trinajstić information content (AvgIpc) is 3.55. The van der Waals surface area contributed by atoms with Crippen molar-refractivity contribution >= 4 is 41.0 Å². The molecule has 1 N–H and O–H groups in total. The van der Waals surface area contributed by atoms with Crippen LogP contribution in [0.2, 0.25) is 5.02 Å². The van der Waals surface area contributed by atoms with Crippen LogP contribution in [0.25, 0.3) is 16.9 Å². The quantitative estimate of drug-likeness (QED) is 0.334. The van der Waals surface area contributed by atoms with Gasteiger partial charge in [-0.2, -0.15) is 5.10 Å². The Morgan fingerprint density at radius 3 is 2.60 bits per heavy atom. The van der Waals surface area contributed by atoms with Crippen molar-refractivity contribution in [1.82, 2.24) is 15.1 Å². The summed E-state index contributed by atoms with van der Waals surface area (Å²) in [5, 5.41) is 8.32. The summed E-state index contributed by atoms with van der Waals surface area (Å²) in [4.78, 5) is 28.5. The van der Waals surface area contributed by atoms with Crippen molar-refractivity contribution in [3.63, 3.8) is 0 Å². The molecule has 3 heterocycles. The standard InChI is InChI=1S/C30H25ClN4O4S/c31-21-8-4-5-9-22(21)35-30-27(28(33-35)18-6-2-1-3-7-18)29(19-10-13-23-24(14-19)39-17-38-23)40-16-26(37)34(30)15-25(36)32-20-11-12-20/h1-10,13-14,20,29H,11-12,15-17H2,(H,32,36). The number of para-hydroxylation sites is 1. The van der Waals surface area contributed by atoms with Crippen LogP contribution in [-0.4, -0.2) is 46.7 Å². The number of rotatable bonds is 6. The largest absolute Gasteiger partial charge is 0.454 e. The van der Waals surface area contributed by atoms with E-state index >= 15 is 0 Å². The highest BCUT2D eigenvalue weighted by molar-refractivity contribution is 8.00. The maximum absolute atomic E-state index is 13.8. The first-order valence-corrected chi connectivity index (χ1v) is 14.5. The predicted octanol–water partition coefficient (Wildman–Crippen LogP) is 5.37. The SMILES string of the molecule is O=C(CN1C(=O)CSC(c2ccc3c(c2)OCO3)c2c(-c3ccccc3)nn(-c3ccccc3Cl)c21)NC1CC1. The van der Waals surface area contributed by atoms with Gasteiger partial charge in [-0.05, 0) is 42.7 Å². The Labute approximate surface area is 240 Å². The molecule has 1 aromatic heterocycles. The molecule has 0 spiro atoms. The molecule has 1 fully saturated rings. The van der Waals surface area contributed by atoms with E-state index in [0.717, 1.165) is 29.5 Å². The molecule has 3 aliphatic rings. The number of nitrogens with zero attached hydrogens (tertiary/aromatic N) is 3. The van der Waals surface area contributed by atoms with Crippen LogP contribution in [0.15, 0.2) is 72.8 Å². The van der Waals surface area contributed by atoms with Crippen molar-refractivity contribution in [1.29, 1.82) is 0 Å². The number of thioether (sulfide) groups is 1. The van der Waals surface area contributed by atoms with Crippen LogP contribution in [0.1, 0.15) is 29.2 Å². The Kier molecular flexibility index (Phi) is 6.40. The van der Waals surface area contributed by atoms with E-state index in [4.69, 9.17) is 26.2 Å².